The molecule has 110 valence electrons. The Bertz CT molecular complexity index is 480. The highest BCUT2D eigenvalue weighted by Crippen LogP contribution is 2.25. The minimum Gasteiger partial charge on any atom is -0.454 e. The van der Waals surface area contributed by atoms with Crippen molar-refractivity contribution in [1.29, 1.82) is 0 Å². The van der Waals surface area contributed by atoms with Crippen molar-refractivity contribution in [3.63, 3.8) is 0 Å². The predicted molar refractivity (Wildman–Crippen MR) is 80.9 cm³/mol. The number of thioether (sulfide) groups is 1. The van der Waals surface area contributed by atoms with Crippen LogP contribution in [0.15, 0.2) is 21.5 Å². The van der Waals surface area contributed by atoms with Crippen LogP contribution in [0.2, 0.25) is 0 Å². The van der Waals surface area contributed by atoms with Crippen molar-refractivity contribution in [2.75, 3.05) is 19.3 Å². The zero-order valence-corrected chi connectivity index (χ0v) is 12.3. The molecule has 0 radical (unpaired) electrons. The number of amides is 1. The van der Waals surface area contributed by atoms with Crippen molar-refractivity contribution in [3.8, 4) is 0 Å². The highest BCUT2D eigenvalue weighted by molar-refractivity contribution is 8.00. The fourth-order valence-corrected chi connectivity index (χ4v) is 3.21. The number of hydrogen-bond donors (Lipinski definition) is 3. The largest absolute Gasteiger partial charge is 0.454 e. The first-order valence-corrected chi connectivity index (χ1v) is 7.68. The van der Waals surface area contributed by atoms with Crippen molar-refractivity contribution < 1.29 is 9.21 Å². The maximum Gasteiger partial charge on any atom is 0.284 e. The number of nitrogens with zero attached hydrogens (tertiary/aromatic N) is 1. The van der Waals surface area contributed by atoms with Crippen molar-refractivity contribution in [3.05, 3.63) is 23.7 Å². The lowest BCUT2D eigenvalue weighted by Crippen LogP contribution is -2.39. The molecule has 1 unspecified atom stereocenters. The molecule has 1 atom stereocenters. The average molecular weight is 296 g/mol. The van der Waals surface area contributed by atoms with E-state index in [0.717, 1.165) is 12.5 Å². The second-order valence-corrected chi connectivity index (χ2v) is 5.98. The lowest BCUT2D eigenvalue weighted by atomic mass is 10.2. The number of furan rings is 1. The molecule has 0 aliphatic carbocycles. The molecule has 20 heavy (non-hydrogen) atoms. The van der Waals surface area contributed by atoms with Crippen LogP contribution in [0.3, 0.4) is 0 Å². The summed E-state index contributed by atoms with van der Waals surface area (Å²) in [6, 6.07) is 3.30. The molecule has 4 N–H and O–H groups in total. The summed E-state index contributed by atoms with van der Waals surface area (Å²) in [5.41, 5.74) is 5.14. The van der Waals surface area contributed by atoms with E-state index in [2.05, 4.69) is 15.6 Å². The number of carbonyl (C=O) groups is 1. The van der Waals surface area contributed by atoms with Gasteiger partial charge in [-0.3, -0.25) is 9.79 Å². The fourth-order valence-electron chi connectivity index (χ4n) is 2.01. The summed E-state index contributed by atoms with van der Waals surface area (Å²) in [5, 5.41) is 7.11. The summed E-state index contributed by atoms with van der Waals surface area (Å²) in [6.45, 7) is 1.37. The molecular formula is C13H20N4O2S. The second-order valence-electron chi connectivity index (χ2n) is 4.57. The van der Waals surface area contributed by atoms with Crippen LogP contribution < -0.4 is 16.4 Å². The van der Waals surface area contributed by atoms with Gasteiger partial charge < -0.3 is 20.8 Å². The Labute approximate surface area is 122 Å². The van der Waals surface area contributed by atoms with Crippen LogP contribution in [0.4, 0.5) is 0 Å². The van der Waals surface area contributed by atoms with Crippen LogP contribution in [0, 0.1) is 0 Å². The molecule has 1 aliphatic rings. The summed E-state index contributed by atoms with van der Waals surface area (Å²) < 4.78 is 5.29. The number of rotatable bonds is 5. The third-order valence-electron chi connectivity index (χ3n) is 3.08. The highest BCUT2D eigenvalue weighted by atomic mass is 32.2. The van der Waals surface area contributed by atoms with Gasteiger partial charge in [-0.05, 0) is 30.7 Å². The third kappa shape index (κ3) is 4.19. The summed E-state index contributed by atoms with van der Waals surface area (Å²) in [7, 11) is 1.73. The molecule has 0 aromatic carbocycles. The Kier molecular flexibility index (Phi) is 5.34. The number of carbonyl (C=O) groups excluding carboxylic acids is 1. The van der Waals surface area contributed by atoms with Gasteiger partial charge in [0.15, 0.2) is 11.7 Å². The van der Waals surface area contributed by atoms with E-state index in [4.69, 9.17) is 10.2 Å². The van der Waals surface area contributed by atoms with Crippen LogP contribution in [0.25, 0.3) is 0 Å². The SMILES string of the molecule is CN=C(NCc1ccc(C(N)=O)o1)NCC1CCCS1. The summed E-state index contributed by atoms with van der Waals surface area (Å²) >= 11 is 2.00. The highest BCUT2D eigenvalue weighted by Gasteiger charge is 2.15. The number of primary amides is 1. The Morgan fingerprint density at radius 3 is 3.00 bits per heavy atom. The molecule has 1 saturated heterocycles. The fraction of sp³-hybridized carbons (Fsp3) is 0.538. The molecule has 1 aromatic heterocycles. The second kappa shape index (κ2) is 7.23. The molecule has 2 heterocycles. The zero-order valence-electron chi connectivity index (χ0n) is 11.5. The maximum absolute atomic E-state index is 10.9. The molecule has 0 spiro atoms. The quantitative estimate of drug-likeness (QED) is 0.555. The Hall–Kier alpha value is -1.63. The van der Waals surface area contributed by atoms with E-state index in [0.29, 0.717) is 17.6 Å². The first kappa shape index (κ1) is 14.8. The number of nitrogens with two attached hydrogens (primary N) is 1. The molecule has 0 saturated carbocycles. The van der Waals surface area contributed by atoms with Crippen molar-refractivity contribution in [1.82, 2.24) is 10.6 Å². The van der Waals surface area contributed by atoms with Crippen LogP contribution >= 0.6 is 11.8 Å². The van der Waals surface area contributed by atoms with E-state index in [1.165, 1.54) is 18.6 Å². The number of hydrogen-bond acceptors (Lipinski definition) is 4. The van der Waals surface area contributed by atoms with E-state index >= 15 is 0 Å². The van der Waals surface area contributed by atoms with Gasteiger partial charge in [-0.25, -0.2) is 0 Å². The lowest BCUT2D eigenvalue weighted by molar-refractivity contribution is 0.0972. The van der Waals surface area contributed by atoms with Gasteiger partial charge in [0.05, 0.1) is 6.54 Å². The first-order valence-electron chi connectivity index (χ1n) is 6.63. The number of nitrogens with one attached hydrogen (secondary N) is 2. The summed E-state index contributed by atoms with van der Waals surface area (Å²) in [5.74, 6) is 2.25. The maximum atomic E-state index is 10.9. The van der Waals surface area contributed by atoms with Crippen LogP contribution in [-0.2, 0) is 6.54 Å². The van der Waals surface area contributed by atoms with Gasteiger partial charge in [0.2, 0.25) is 0 Å². The van der Waals surface area contributed by atoms with Crippen molar-refractivity contribution >= 4 is 23.6 Å². The van der Waals surface area contributed by atoms with E-state index in [1.54, 1.807) is 19.2 Å². The molecule has 7 heteroatoms. The van der Waals surface area contributed by atoms with Gasteiger partial charge in [0.25, 0.3) is 5.91 Å². The smallest absolute Gasteiger partial charge is 0.284 e. The molecule has 2 rings (SSSR count). The minimum atomic E-state index is -0.558. The molecule has 1 amide bonds. The van der Waals surface area contributed by atoms with E-state index in [-0.39, 0.29) is 5.76 Å². The third-order valence-corrected chi connectivity index (χ3v) is 4.48. The molecule has 0 bridgehead atoms. The van der Waals surface area contributed by atoms with Crippen LogP contribution in [0.5, 0.6) is 0 Å². The normalized spacial score (nSPS) is 19.1. The number of aliphatic imine (C=N–C) groups is 1. The van der Waals surface area contributed by atoms with E-state index < -0.39 is 5.91 Å². The first-order chi connectivity index (χ1) is 9.69. The van der Waals surface area contributed by atoms with Crippen LogP contribution in [-0.4, -0.2) is 36.5 Å². The minimum absolute atomic E-state index is 0.173. The molecule has 6 nitrogen and oxygen atoms in total. The lowest BCUT2D eigenvalue weighted by Gasteiger charge is -2.14. The molecular weight excluding hydrogens is 276 g/mol. The Morgan fingerprint density at radius 2 is 2.40 bits per heavy atom. The van der Waals surface area contributed by atoms with Crippen molar-refractivity contribution in [2.45, 2.75) is 24.6 Å². The van der Waals surface area contributed by atoms with Gasteiger partial charge in [0, 0.05) is 18.8 Å². The van der Waals surface area contributed by atoms with Gasteiger partial charge >= 0.3 is 0 Å². The Balaban J connectivity index is 1.76. The van der Waals surface area contributed by atoms with Gasteiger partial charge in [0.1, 0.15) is 5.76 Å². The van der Waals surface area contributed by atoms with Gasteiger partial charge in [-0.2, -0.15) is 11.8 Å². The molecule has 1 aromatic rings. The van der Waals surface area contributed by atoms with E-state index in [1.807, 2.05) is 11.8 Å². The molecule has 1 fully saturated rings. The predicted octanol–water partition coefficient (Wildman–Crippen LogP) is 0.939. The Morgan fingerprint density at radius 1 is 1.55 bits per heavy atom. The topological polar surface area (TPSA) is 92.6 Å². The monoisotopic (exact) mass is 296 g/mol. The standard InChI is InChI=1S/C13H20N4O2S/c1-15-13(17-8-10-3-2-6-20-10)16-7-9-4-5-11(19-9)12(14)18/h4-5,10H,2-3,6-8H2,1H3,(H2,14,18)(H2,15,16,17). The zero-order chi connectivity index (χ0) is 14.4. The average Bonchev–Trinajstić information content (AvgIpc) is 3.10. The summed E-state index contributed by atoms with van der Waals surface area (Å²) in [4.78, 5) is 15.1. The molecule has 1 aliphatic heterocycles. The van der Waals surface area contributed by atoms with Crippen molar-refractivity contribution in [2.24, 2.45) is 10.7 Å². The summed E-state index contributed by atoms with van der Waals surface area (Å²) in [6.07, 6.45) is 2.56. The number of guanidine groups is 1. The van der Waals surface area contributed by atoms with E-state index in [9.17, 15) is 4.79 Å². The van der Waals surface area contributed by atoms with Gasteiger partial charge in [-0.1, -0.05) is 0 Å². The van der Waals surface area contributed by atoms with Crippen LogP contribution in [0.1, 0.15) is 29.2 Å². The van der Waals surface area contributed by atoms with Gasteiger partial charge in [-0.15, -0.1) is 0 Å².